The Morgan fingerprint density at radius 1 is 1.10 bits per heavy atom. The molecule has 29 heavy (non-hydrogen) atoms. The Bertz CT molecular complexity index is 834. The van der Waals surface area contributed by atoms with Crippen LogP contribution in [0.2, 0.25) is 0 Å². The number of nitrogens with zero attached hydrogens (tertiary/aromatic N) is 1. The number of methoxy groups -OCH3 is 1. The SMILES string of the molecule is COC(=O)c1ccc(OC[C@H]2COC(C)(C)N2C(=O)OCc2ccccc2)cc1. The number of amides is 1. The molecule has 1 aliphatic rings. The first kappa shape index (κ1) is 20.7. The Balaban J connectivity index is 1.60. The molecule has 0 radical (unpaired) electrons. The standard InChI is InChI=1S/C22H25NO6/c1-22(2)23(21(25)28-13-16-7-5-4-6-8-16)18(15-29-22)14-27-19-11-9-17(10-12-19)20(24)26-3/h4-12,18H,13-15H2,1-3H3/t18-/m0/s1. The lowest BCUT2D eigenvalue weighted by Gasteiger charge is -2.32. The maximum absolute atomic E-state index is 12.7. The minimum atomic E-state index is -0.795. The van der Waals surface area contributed by atoms with Gasteiger partial charge in [0.25, 0.3) is 0 Å². The molecule has 0 unspecified atom stereocenters. The maximum atomic E-state index is 12.7. The molecule has 0 saturated carbocycles. The maximum Gasteiger partial charge on any atom is 0.412 e. The van der Waals surface area contributed by atoms with Crippen molar-refractivity contribution in [3.8, 4) is 5.75 Å². The molecule has 2 aromatic rings. The Hall–Kier alpha value is -3.06. The molecule has 1 atom stereocenters. The lowest BCUT2D eigenvalue weighted by Crippen LogP contribution is -2.49. The molecule has 1 saturated heterocycles. The van der Waals surface area contributed by atoms with Gasteiger partial charge in [-0.25, -0.2) is 9.59 Å². The van der Waals surface area contributed by atoms with E-state index in [0.29, 0.717) is 17.9 Å². The highest BCUT2D eigenvalue weighted by Gasteiger charge is 2.45. The fourth-order valence-corrected chi connectivity index (χ4v) is 3.16. The molecule has 0 bridgehead atoms. The minimum Gasteiger partial charge on any atom is -0.491 e. The van der Waals surface area contributed by atoms with Crippen LogP contribution in [0.1, 0.15) is 29.8 Å². The van der Waals surface area contributed by atoms with Crippen molar-refractivity contribution in [1.82, 2.24) is 4.90 Å². The van der Waals surface area contributed by atoms with Gasteiger partial charge in [-0.05, 0) is 43.7 Å². The fraction of sp³-hybridized carbons (Fsp3) is 0.364. The van der Waals surface area contributed by atoms with Gasteiger partial charge in [0.1, 0.15) is 24.7 Å². The number of carbonyl (C=O) groups excluding carboxylic acids is 2. The molecule has 1 aliphatic heterocycles. The average molecular weight is 399 g/mol. The zero-order chi connectivity index (χ0) is 20.9. The van der Waals surface area contributed by atoms with Crippen LogP contribution < -0.4 is 4.74 Å². The zero-order valence-electron chi connectivity index (χ0n) is 16.8. The van der Waals surface area contributed by atoms with Gasteiger partial charge in [-0.2, -0.15) is 0 Å². The van der Waals surface area contributed by atoms with Gasteiger partial charge in [0.05, 0.1) is 25.3 Å². The largest absolute Gasteiger partial charge is 0.491 e. The summed E-state index contributed by atoms with van der Waals surface area (Å²) in [5, 5.41) is 0. The highest BCUT2D eigenvalue weighted by Crippen LogP contribution is 2.29. The number of ether oxygens (including phenoxy) is 4. The van der Waals surface area contributed by atoms with Crippen molar-refractivity contribution in [3.63, 3.8) is 0 Å². The quantitative estimate of drug-likeness (QED) is 0.691. The van der Waals surface area contributed by atoms with E-state index in [4.69, 9.17) is 14.2 Å². The van der Waals surface area contributed by atoms with E-state index in [9.17, 15) is 9.59 Å². The Morgan fingerprint density at radius 2 is 1.79 bits per heavy atom. The fourth-order valence-electron chi connectivity index (χ4n) is 3.16. The first-order valence-corrected chi connectivity index (χ1v) is 9.36. The number of hydrogen-bond acceptors (Lipinski definition) is 6. The van der Waals surface area contributed by atoms with E-state index in [-0.39, 0.29) is 19.3 Å². The van der Waals surface area contributed by atoms with Crippen molar-refractivity contribution in [2.45, 2.75) is 32.2 Å². The predicted molar refractivity (Wildman–Crippen MR) is 106 cm³/mol. The second-order valence-electron chi connectivity index (χ2n) is 7.15. The lowest BCUT2D eigenvalue weighted by molar-refractivity contribution is -0.0503. The van der Waals surface area contributed by atoms with Crippen LogP contribution in [-0.2, 0) is 20.8 Å². The molecule has 7 nitrogen and oxygen atoms in total. The van der Waals surface area contributed by atoms with Crippen LogP contribution in [0, 0.1) is 0 Å². The number of hydrogen-bond donors (Lipinski definition) is 0. The van der Waals surface area contributed by atoms with E-state index in [0.717, 1.165) is 5.56 Å². The van der Waals surface area contributed by atoms with E-state index in [1.807, 2.05) is 44.2 Å². The molecule has 3 rings (SSSR count). The molecule has 0 spiro atoms. The monoisotopic (exact) mass is 399 g/mol. The summed E-state index contributed by atoms with van der Waals surface area (Å²) in [7, 11) is 1.33. The van der Waals surface area contributed by atoms with Crippen molar-refractivity contribution in [2.24, 2.45) is 0 Å². The first-order chi connectivity index (χ1) is 13.9. The Kier molecular flexibility index (Phi) is 6.39. The summed E-state index contributed by atoms with van der Waals surface area (Å²) in [4.78, 5) is 25.8. The third-order valence-electron chi connectivity index (χ3n) is 4.69. The summed E-state index contributed by atoms with van der Waals surface area (Å²) in [6, 6.07) is 15.8. The van der Waals surface area contributed by atoms with Crippen molar-refractivity contribution in [3.05, 3.63) is 65.7 Å². The lowest BCUT2D eigenvalue weighted by atomic mass is 10.2. The van der Waals surface area contributed by atoms with Gasteiger partial charge in [0, 0.05) is 0 Å². The van der Waals surface area contributed by atoms with E-state index in [1.165, 1.54) is 7.11 Å². The third kappa shape index (κ3) is 5.06. The summed E-state index contributed by atoms with van der Waals surface area (Å²) < 4.78 is 21.8. The van der Waals surface area contributed by atoms with Crippen molar-refractivity contribution < 1.29 is 28.5 Å². The molecule has 1 heterocycles. The third-order valence-corrected chi connectivity index (χ3v) is 4.69. The van der Waals surface area contributed by atoms with Crippen molar-refractivity contribution in [2.75, 3.05) is 20.3 Å². The molecule has 0 aliphatic carbocycles. The normalized spacial score (nSPS) is 17.6. The molecular formula is C22H25NO6. The van der Waals surface area contributed by atoms with Gasteiger partial charge in [-0.1, -0.05) is 30.3 Å². The van der Waals surface area contributed by atoms with Crippen LogP contribution in [0.5, 0.6) is 5.75 Å². The van der Waals surface area contributed by atoms with Gasteiger partial charge in [-0.3, -0.25) is 4.90 Å². The summed E-state index contributed by atoms with van der Waals surface area (Å²) in [6.07, 6.45) is -0.453. The second-order valence-corrected chi connectivity index (χ2v) is 7.15. The van der Waals surface area contributed by atoms with E-state index in [2.05, 4.69) is 4.74 Å². The van der Waals surface area contributed by atoms with Crippen LogP contribution in [0.3, 0.4) is 0 Å². The zero-order valence-corrected chi connectivity index (χ0v) is 16.8. The minimum absolute atomic E-state index is 0.189. The summed E-state index contributed by atoms with van der Waals surface area (Å²) in [5.41, 5.74) is 0.560. The van der Waals surface area contributed by atoms with Gasteiger partial charge in [-0.15, -0.1) is 0 Å². The summed E-state index contributed by atoms with van der Waals surface area (Å²) >= 11 is 0. The first-order valence-electron chi connectivity index (χ1n) is 9.36. The molecular weight excluding hydrogens is 374 g/mol. The topological polar surface area (TPSA) is 74.3 Å². The Morgan fingerprint density at radius 3 is 2.45 bits per heavy atom. The van der Waals surface area contributed by atoms with Crippen LogP contribution in [0.15, 0.2) is 54.6 Å². The van der Waals surface area contributed by atoms with Crippen molar-refractivity contribution >= 4 is 12.1 Å². The highest BCUT2D eigenvalue weighted by atomic mass is 16.6. The summed E-state index contributed by atoms with van der Waals surface area (Å²) in [6.45, 7) is 4.41. The van der Waals surface area contributed by atoms with Crippen LogP contribution in [0.4, 0.5) is 4.79 Å². The summed E-state index contributed by atoms with van der Waals surface area (Å²) in [5.74, 6) is 0.176. The molecule has 0 N–H and O–H groups in total. The van der Waals surface area contributed by atoms with Gasteiger partial charge >= 0.3 is 12.1 Å². The molecule has 1 amide bonds. The number of esters is 1. The average Bonchev–Trinajstić information content (AvgIpc) is 3.05. The number of carbonyl (C=O) groups is 2. The van der Waals surface area contributed by atoms with Crippen LogP contribution in [-0.4, -0.2) is 49.1 Å². The van der Waals surface area contributed by atoms with E-state index in [1.54, 1.807) is 29.2 Å². The molecule has 1 fully saturated rings. The van der Waals surface area contributed by atoms with Crippen LogP contribution >= 0.6 is 0 Å². The molecule has 2 aromatic carbocycles. The smallest absolute Gasteiger partial charge is 0.412 e. The Labute approximate surface area is 170 Å². The van der Waals surface area contributed by atoms with Gasteiger partial charge in [0.15, 0.2) is 0 Å². The molecule has 0 aromatic heterocycles. The predicted octanol–water partition coefficient (Wildman–Crippen LogP) is 3.63. The van der Waals surface area contributed by atoms with Crippen LogP contribution in [0.25, 0.3) is 0 Å². The molecule has 154 valence electrons. The number of benzene rings is 2. The van der Waals surface area contributed by atoms with E-state index < -0.39 is 17.8 Å². The highest BCUT2D eigenvalue weighted by molar-refractivity contribution is 5.89. The second kappa shape index (κ2) is 8.96. The van der Waals surface area contributed by atoms with E-state index >= 15 is 0 Å². The number of rotatable bonds is 6. The molecule has 7 heteroatoms. The van der Waals surface area contributed by atoms with Gasteiger partial charge in [0.2, 0.25) is 0 Å². The van der Waals surface area contributed by atoms with Crippen molar-refractivity contribution in [1.29, 1.82) is 0 Å². The van der Waals surface area contributed by atoms with Gasteiger partial charge < -0.3 is 18.9 Å².